The molecule has 0 unspecified atom stereocenters. The Bertz CT molecular complexity index is 779. The Morgan fingerprint density at radius 3 is 2.50 bits per heavy atom. The molecule has 5 heteroatoms. The van der Waals surface area contributed by atoms with Crippen LogP contribution in [0.2, 0.25) is 0 Å². The van der Waals surface area contributed by atoms with E-state index in [2.05, 4.69) is 23.1 Å². The molecule has 2 aliphatic rings. The first-order chi connectivity index (χ1) is 13.7. The van der Waals surface area contributed by atoms with Gasteiger partial charge in [0.1, 0.15) is 0 Å². The molecule has 0 spiro atoms. The summed E-state index contributed by atoms with van der Waals surface area (Å²) in [6.07, 6.45) is 5.92. The summed E-state index contributed by atoms with van der Waals surface area (Å²) in [5, 5.41) is 9.77. The predicted octanol–water partition coefficient (Wildman–Crippen LogP) is 4.15. The Balaban J connectivity index is 1.46. The fraction of sp³-hybridized carbons (Fsp3) is 0.522. The standard InChI is InChI=1S/C23H30N2O2S/c26-18-23(11-12-23)17-25(15-19-7-3-1-4-8-19)22(27)21-10-9-20(28-21)16-24-13-5-2-6-14-24/h1,3-4,7-10,26H,2,5-6,11-18H2. The van der Waals surface area contributed by atoms with E-state index in [9.17, 15) is 9.90 Å². The molecule has 1 aromatic heterocycles. The summed E-state index contributed by atoms with van der Waals surface area (Å²) in [6, 6.07) is 14.3. The molecule has 28 heavy (non-hydrogen) atoms. The van der Waals surface area contributed by atoms with Crippen molar-refractivity contribution in [1.29, 1.82) is 0 Å². The monoisotopic (exact) mass is 398 g/mol. The molecular formula is C23H30N2O2S. The van der Waals surface area contributed by atoms with Crippen LogP contribution >= 0.6 is 11.3 Å². The first-order valence-corrected chi connectivity index (χ1v) is 11.2. The molecule has 1 N–H and O–H groups in total. The second-order valence-corrected chi connectivity index (χ2v) is 9.58. The summed E-state index contributed by atoms with van der Waals surface area (Å²) in [5.74, 6) is 0.0958. The number of carbonyl (C=O) groups excluding carboxylic acids is 1. The van der Waals surface area contributed by atoms with Gasteiger partial charge in [0.25, 0.3) is 5.91 Å². The van der Waals surface area contributed by atoms with Crippen molar-refractivity contribution in [1.82, 2.24) is 9.80 Å². The van der Waals surface area contributed by atoms with Crippen LogP contribution in [-0.2, 0) is 13.1 Å². The van der Waals surface area contributed by atoms with Crippen molar-refractivity contribution in [3.8, 4) is 0 Å². The van der Waals surface area contributed by atoms with E-state index in [0.717, 1.165) is 29.8 Å². The third kappa shape index (κ3) is 4.83. The van der Waals surface area contributed by atoms with Crippen LogP contribution in [0.15, 0.2) is 42.5 Å². The zero-order chi connectivity index (χ0) is 19.4. The minimum Gasteiger partial charge on any atom is -0.396 e. The number of piperidine rings is 1. The number of amides is 1. The molecular weight excluding hydrogens is 368 g/mol. The third-order valence-electron chi connectivity index (χ3n) is 6.02. The number of thiophene rings is 1. The van der Waals surface area contributed by atoms with Crippen LogP contribution in [0.4, 0.5) is 0 Å². The predicted molar refractivity (Wildman–Crippen MR) is 113 cm³/mol. The first-order valence-electron chi connectivity index (χ1n) is 10.4. The minimum absolute atomic E-state index is 0.0850. The average Bonchev–Trinajstić information content (AvgIpc) is 3.36. The Morgan fingerprint density at radius 1 is 1.07 bits per heavy atom. The SMILES string of the molecule is O=C(c1ccc(CN2CCCCC2)s1)N(Cc1ccccc1)CC1(CO)CC1. The van der Waals surface area contributed by atoms with Gasteiger partial charge in [0, 0.05) is 29.9 Å². The van der Waals surface area contributed by atoms with Gasteiger partial charge in [-0.2, -0.15) is 0 Å². The van der Waals surface area contributed by atoms with Crippen molar-refractivity contribution in [3.63, 3.8) is 0 Å². The van der Waals surface area contributed by atoms with Gasteiger partial charge in [0.05, 0.1) is 11.5 Å². The number of nitrogens with zero attached hydrogens (tertiary/aromatic N) is 2. The average molecular weight is 399 g/mol. The topological polar surface area (TPSA) is 43.8 Å². The van der Waals surface area contributed by atoms with Gasteiger partial charge in [-0.1, -0.05) is 36.8 Å². The smallest absolute Gasteiger partial charge is 0.264 e. The Hall–Kier alpha value is -1.69. The first kappa shape index (κ1) is 19.6. The second-order valence-electron chi connectivity index (χ2n) is 8.41. The number of hydrogen-bond donors (Lipinski definition) is 1. The number of carbonyl (C=O) groups is 1. The molecule has 1 aliphatic heterocycles. The lowest BCUT2D eigenvalue weighted by atomic mass is 10.1. The molecule has 0 atom stereocenters. The van der Waals surface area contributed by atoms with Crippen molar-refractivity contribution in [2.75, 3.05) is 26.2 Å². The van der Waals surface area contributed by atoms with Gasteiger partial charge in [0.15, 0.2) is 0 Å². The molecule has 0 radical (unpaired) electrons. The number of hydrogen-bond acceptors (Lipinski definition) is 4. The summed E-state index contributed by atoms with van der Waals surface area (Å²) in [7, 11) is 0. The van der Waals surface area contributed by atoms with Crippen molar-refractivity contribution in [3.05, 3.63) is 57.8 Å². The van der Waals surface area contributed by atoms with E-state index in [-0.39, 0.29) is 17.9 Å². The number of aliphatic hydroxyl groups is 1. The van der Waals surface area contributed by atoms with Gasteiger partial charge < -0.3 is 10.0 Å². The fourth-order valence-corrected chi connectivity index (χ4v) is 5.04. The lowest BCUT2D eigenvalue weighted by Gasteiger charge is -2.27. The van der Waals surface area contributed by atoms with E-state index in [1.54, 1.807) is 11.3 Å². The fourth-order valence-electron chi connectivity index (χ4n) is 4.02. The van der Waals surface area contributed by atoms with Crippen LogP contribution in [0.1, 0.15) is 52.2 Å². The van der Waals surface area contributed by atoms with E-state index in [4.69, 9.17) is 0 Å². The van der Waals surface area contributed by atoms with Crippen LogP contribution in [0, 0.1) is 5.41 Å². The summed E-state index contributed by atoms with van der Waals surface area (Å²) < 4.78 is 0. The quantitative estimate of drug-likeness (QED) is 0.726. The van der Waals surface area contributed by atoms with Gasteiger partial charge in [-0.25, -0.2) is 0 Å². The van der Waals surface area contributed by atoms with Crippen LogP contribution in [0.5, 0.6) is 0 Å². The molecule has 1 saturated heterocycles. The Labute approximate surface area is 171 Å². The molecule has 1 saturated carbocycles. The highest BCUT2D eigenvalue weighted by Crippen LogP contribution is 2.46. The molecule has 150 valence electrons. The van der Waals surface area contributed by atoms with Crippen LogP contribution in [0.3, 0.4) is 0 Å². The zero-order valence-electron chi connectivity index (χ0n) is 16.5. The number of rotatable bonds is 8. The van der Waals surface area contributed by atoms with E-state index in [1.165, 1.54) is 37.2 Å². The van der Waals surface area contributed by atoms with Crippen molar-refractivity contribution >= 4 is 17.2 Å². The maximum absolute atomic E-state index is 13.3. The molecule has 1 aromatic carbocycles. The highest BCUT2D eigenvalue weighted by atomic mass is 32.1. The summed E-state index contributed by atoms with van der Waals surface area (Å²) in [6.45, 7) is 4.69. The maximum Gasteiger partial charge on any atom is 0.264 e. The molecule has 0 bridgehead atoms. The van der Waals surface area contributed by atoms with Crippen molar-refractivity contribution in [2.45, 2.75) is 45.2 Å². The highest BCUT2D eigenvalue weighted by Gasteiger charge is 2.44. The van der Waals surface area contributed by atoms with Crippen LogP contribution < -0.4 is 0 Å². The number of aliphatic hydroxyl groups excluding tert-OH is 1. The van der Waals surface area contributed by atoms with E-state index >= 15 is 0 Å². The van der Waals surface area contributed by atoms with Gasteiger partial charge in [-0.15, -0.1) is 11.3 Å². The maximum atomic E-state index is 13.3. The molecule has 2 aromatic rings. The lowest BCUT2D eigenvalue weighted by molar-refractivity contribution is 0.0670. The van der Waals surface area contributed by atoms with Gasteiger partial charge in [0.2, 0.25) is 0 Å². The van der Waals surface area contributed by atoms with Gasteiger partial charge in [-0.05, 0) is 56.5 Å². The summed E-state index contributed by atoms with van der Waals surface area (Å²) >= 11 is 1.63. The van der Waals surface area contributed by atoms with Crippen molar-refractivity contribution in [2.24, 2.45) is 5.41 Å². The summed E-state index contributed by atoms with van der Waals surface area (Å²) in [4.78, 5) is 19.8. The molecule has 1 amide bonds. The van der Waals surface area contributed by atoms with Crippen molar-refractivity contribution < 1.29 is 9.90 Å². The molecule has 4 nitrogen and oxygen atoms in total. The van der Waals surface area contributed by atoms with E-state index in [0.29, 0.717) is 13.1 Å². The molecule has 2 heterocycles. The minimum atomic E-state index is -0.0850. The van der Waals surface area contributed by atoms with Gasteiger partial charge >= 0.3 is 0 Å². The van der Waals surface area contributed by atoms with Gasteiger partial charge in [-0.3, -0.25) is 9.69 Å². The number of benzene rings is 1. The highest BCUT2D eigenvalue weighted by molar-refractivity contribution is 7.14. The molecule has 2 fully saturated rings. The Kier molecular flexibility index (Phi) is 6.14. The zero-order valence-corrected chi connectivity index (χ0v) is 17.3. The lowest BCUT2D eigenvalue weighted by Crippen LogP contribution is -2.36. The number of likely N-dealkylation sites (tertiary alicyclic amines) is 1. The van der Waals surface area contributed by atoms with E-state index in [1.807, 2.05) is 29.2 Å². The van der Waals surface area contributed by atoms with Crippen LogP contribution in [-0.4, -0.2) is 47.1 Å². The largest absolute Gasteiger partial charge is 0.396 e. The molecule has 4 rings (SSSR count). The molecule has 1 aliphatic carbocycles. The van der Waals surface area contributed by atoms with E-state index < -0.39 is 0 Å². The Morgan fingerprint density at radius 2 is 1.82 bits per heavy atom. The summed E-state index contributed by atoms with van der Waals surface area (Å²) in [5.41, 5.74) is 1.05. The normalized spacial score (nSPS) is 18.8. The van der Waals surface area contributed by atoms with Crippen LogP contribution in [0.25, 0.3) is 0 Å². The second kappa shape index (κ2) is 8.76. The third-order valence-corrected chi connectivity index (χ3v) is 7.08.